The Kier molecular flexibility index (Phi) is 3.23. The van der Waals surface area contributed by atoms with Gasteiger partial charge in [-0.05, 0) is 50.6 Å². The lowest BCUT2D eigenvalue weighted by molar-refractivity contribution is 0.145. The van der Waals surface area contributed by atoms with Gasteiger partial charge in [-0.3, -0.25) is 0 Å². The number of aromatic nitrogens is 1. The molecule has 0 saturated carbocycles. The fraction of sp³-hybridized carbons (Fsp3) is 0.500. The van der Waals surface area contributed by atoms with Crippen LogP contribution in [0, 0.1) is 5.92 Å². The number of hydrogen-bond donors (Lipinski definition) is 2. The van der Waals surface area contributed by atoms with Gasteiger partial charge in [0.05, 0.1) is 0 Å². The van der Waals surface area contributed by atoms with Crippen molar-refractivity contribution in [3.63, 3.8) is 0 Å². The van der Waals surface area contributed by atoms with Crippen LogP contribution in [-0.2, 0) is 0 Å². The number of rotatable bonds is 2. The van der Waals surface area contributed by atoms with Crippen molar-refractivity contribution in [2.75, 3.05) is 18.9 Å². The van der Waals surface area contributed by atoms with E-state index in [1.807, 2.05) is 6.20 Å². The first-order chi connectivity index (χ1) is 9.13. The zero-order valence-corrected chi connectivity index (χ0v) is 12.0. The molecule has 3 heteroatoms. The van der Waals surface area contributed by atoms with E-state index < -0.39 is 0 Å². The number of fused-ring (bicyclic) bond motifs is 1. The second-order valence-electron chi connectivity index (χ2n) is 6.03. The van der Waals surface area contributed by atoms with Gasteiger partial charge in [0.2, 0.25) is 0 Å². The molecular formula is C16H23N3. The van der Waals surface area contributed by atoms with E-state index in [0.29, 0.717) is 18.0 Å². The third kappa shape index (κ3) is 2.47. The van der Waals surface area contributed by atoms with Crippen molar-refractivity contribution < 1.29 is 0 Å². The average Bonchev–Trinajstić information content (AvgIpc) is 2.83. The lowest BCUT2D eigenvalue weighted by atomic mass is 9.89. The number of anilines is 1. The maximum Gasteiger partial charge on any atom is 0.0455 e. The van der Waals surface area contributed by atoms with E-state index in [4.69, 9.17) is 0 Å². The minimum atomic E-state index is 0.572. The van der Waals surface area contributed by atoms with Crippen molar-refractivity contribution in [3.8, 4) is 0 Å². The fourth-order valence-electron chi connectivity index (χ4n) is 3.10. The molecule has 2 N–H and O–H groups in total. The van der Waals surface area contributed by atoms with E-state index in [0.717, 1.165) is 0 Å². The van der Waals surface area contributed by atoms with Crippen LogP contribution in [0.2, 0.25) is 0 Å². The highest BCUT2D eigenvalue weighted by Crippen LogP contribution is 2.25. The summed E-state index contributed by atoms with van der Waals surface area (Å²) in [7, 11) is 2.23. The van der Waals surface area contributed by atoms with Gasteiger partial charge in [-0.2, -0.15) is 0 Å². The first-order valence-corrected chi connectivity index (χ1v) is 7.17. The highest BCUT2D eigenvalue weighted by Gasteiger charge is 2.28. The van der Waals surface area contributed by atoms with Gasteiger partial charge in [-0.15, -0.1) is 0 Å². The SMILES string of the molecule is CC1CN(C)C(C)CC1Nc1ccc2[nH]ccc2c1. The molecule has 1 fully saturated rings. The lowest BCUT2D eigenvalue weighted by Crippen LogP contribution is -2.48. The van der Waals surface area contributed by atoms with Crippen LogP contribution in [0.15, 0.2) is 30.5 Å². The summed E-state index contributed by atoms with van der Waals surface area (Å²) in [6.07, 6.45) is 3.21. The lowest BCUT2D eigenvalue weighted by Gasteiger charge is -2.40. The molecular weight excluding hydrogens is 234 g/mol. The molecule has 0 radical (unpaired) electrons. The first-order valence-electron chi connectivity index (χ1n) is 7.17. The molecule has 1 aromatic carbocycles. The summed E-state index contributed by atoms with van der Waals surface area (Å²) >= 11 is 0. The quantitative estimate of drug-likeness (QED) is 0.865. The monoisotopic (exact) mass is 257 g/mol. The number of aromatic amines is 1. The maximum atomic E-state index is 3.72. The standard InChI is InChI=1S/C16H23N3/c1-11-10-19(3)12(2)8-16(11)18-14-4-5-15-13(9-14)6-7-17-15/h4-7,9,11-12,16-18H,8,10H2,1-3H3. The minimum absolute atomic E-state index is 0.572. The van der Waals surface area contributed by atoms with Gasteiger partial charge in [-0.25, -0.2) is 0 Å². The molecule has 3 nitrogen and oxygen atoms in total. The van der Waals surface area contributed by atoms with Gasteiger partial charge in [-0.1, -0.05) is 6.92 Å². The van der Waals surface area contributed by atoms with Crippen LogP contribution in [0.4, 0.5) is 5.69 Å². The van der Waals surface area contributed by atoms with Gasteiger partial charge >= 0.3 is 0 Å². The highest BCUT2D eigenvalue weighted by atomic mass is 15.2. The van der Waals surface area contributed by atoms with E-state index in [1.165, 1.54) is 29.6 Å². The predicted octanol–water partition coefficient (Wildman–Crippen LogP) is 3.31. The normalized spacial score (nSPS) is 28.7. The Morgan fingerprint density at radius 2 is 2.11 bits per heavy atom. The molecule has 3 unspecified atom stereocenters. The largest absolute Gasteiger partial charge is 0.382 e. The average molecular weight is 257 g/mol. The number of benzene rings is 1. The Bertz CT molecular complexity index is 560. The van der Waals surface area contributed by atoms with Crippen LogP contribution in [0.3, 0.4) is 0 Å². The minimum Gasteiger partial charge on any atom is -0.382 e. The van der Waals surface area contributed by atoms with Crippen LogP contribution < -0.4 is 5.32 Å². The van der Waals surface area contributed by atoms with Crippen molar-refractivity contribution in [2.45, 2.75) is 32.4 Å². The molecule has 19 heavy (non-hydrogen) atoms. The van der Waals surface area contributed by atoms with Crippen molar-refractivity contribution in [3.05, 3.63) is 30.5 Å². The molecule has 3 rings (SSSR count). The Hall–Kier alpha value is -1.48. The Labute approximate surface area is 115 Å². The molecule has 102 valence electrons. The summed E-state index contributed by atoms with van der Waals surface area (Å²) < 4.78 is 0. The zero-order chi connectivity index (χ0) is 13.4. The number of hydrogen-bond acceptors (Lipinski definition) is 2. The summed E-state index contributed by atoms with van der Waals surface area (Å²) in [6.45, 7) is 5.83. The van der Waals surface area contributed by atoms with Crippen LogP contribution in [0.1, 0.15) is 20.3 Å². The number of nitrogens with one attached hydrogen (secondary N) is 2. The molecule has 1 saturated heterocycles. The number of nitrogens with zero attached hydrogens (tertiary/aromatic N) is 1. The van der Waals surface area contributed by atoms with Gasteiger partial charge in [0.1, 0.15) is 0 Å². The van der Waals surface area contributed by atoms with Crippen molar-refractivity contribution in [1.29, 1.82) is 0 Å². The third-order valence-corrected chi connectivity index (χ3v) is 4.52. The molecule has 0 amide bonds. The van der Waals surface area contributed by atoms with Crippen LogP contribution in [0.5, 0.6) is 0 Å². The van der Waals surface area contributed by atoms with Gasteiger partial charge in [0, 0.05) is 41.4 Å². The predicted molar refractivity (Wildman–Crippen MR) is 81.6 cm³/mol. The van der Waals surface area contributed by atoms with Gasteiger partial charge in [0.25, 0.3) is 0 Å². The van der Waals surface area contributed by atoms with E-state index in [1.54, 1.807) is 0 Å². The molecule has 1 aliphatic heterocycles. The van der Waals surface area contributed by atoms with Gasteiger partial charge < -0.3 is 15.2 Å². The Morgan fingerprint density at radius 1 is 1.26 bits per heavy atom. The summed E-state index contributed by atoms with van der Waals surface area (Å²) in [5.41, 5.74) is 2.44. The summed E-state index contributed by atoms with van der Waals surface area (Å²) in [6, 6.07) is 9.92. The van der Waals surface area contributed by atoms with E-state index in [9.17, 15) is 0 Å². The van der Waals surface area contributed by atoms with Crippen molar-refractivity contribution in [1.82, 2.24) is 9.88 Å². The van der Waals surface area contributed by atoms with Crippen molar-refractivity contribution >= 4 is 16.6 Å². The van der Waals surface area contributed by atoms with Crippen LogP contribution in [0.25, 0.3) is 10.9 Å². The number of piperidine rings is 1. The Balaban J connectivity index is 1.76. The van der Waals surface area contributed by atoms with Crippen LogP contribution >= 0.6 is 0 Å². The molecule has 0 spiro atoms. The molecule has 0 bridgehead atoms. The summed E-state index contributed by atoms with van der Waals surface area (Å²) in [5, 5.41) is 5.00. The molecule has 2 heterocycles. The fourth-order valence-corrected chi connectivity index (χ4v) is 3.10. The molecule has 1 aromatic heterocycles. The van der Waals surface area contributed by atoms with E-state index in [2.05, 4.69) is 60.4 Å². The topological polar surface area (TPSA) is 31.1 Å². The number of likely N-dealkylation sites (tertiary alicyclic amines) is 1. The van der Waals surface area contributed by atoms with Crippen LogP contribution in [-0.4, -0.2) is 35.6 Å². The van der Waals surface area contributed by atoms with E-state index >= 15 is 0 Å². The number of H-pyrrole nitrogens is 1. The molecule has 0 aliphatic carbocycles. The molecule has 3 atom stereocenters. The van der Waals surface area contributed by atoms with Gasteiger partial charge in [0.15, 0.2) is 0 Å². The third-order valence-electron chi connectivity index (χ3n) is 4.52. The summed E-state index contributed by atoms with van der Waals surface area (Å²) in [5.74, 6) is 0.683. The second kappa shape index (κ2) is 4.89. The molecule has 1 aliphatic rings. The summed E-state index contributed by atoms with van der Waals surface area (Å²) in [4.78, 5) is 5.69. The highest BCUT2D eigenvalue weighted by molar-refractivity contribution is 5.83. The smallest absolute Gasteiger partial charge is 0.0455 e. The first kappa shape index (κ1) is 12.5. The molecule has 2 aromatic rings. The maximum absolute atomic E-state index is 3.72. The Morgan fingerprint density at radius 3 is 2.95 bits per heavy atom. The van der Waals surface area contributed by atoms with E-state index in [-0.39, 0.29) is 0 Å². The van der Waals surface area contributed by atoms with Crippen molar-refractivity contribution in [2.24, 2.45) is 5.92 Å². The second-order valence-corrected chi connectivity index (χ2v) is 6.03. The zero-order valence-electron chi connectivity index (χ0n) is 12.0.